The van der Waals surface area contributed by atoms with Crippen LogP contribution >= 0.6 is 0 Å². The number of hydrogen-bond acceptors (Lipinski definition) is 2. The van der Waals surface area contributed by atoms with E-state index in [1.165, 1.54) is 6.42 Å². The Morgan fingerprint density at radius 3 is 2.35 bits per heavy atom. The van der Waals surface area contributed by atoms with E-state index in [0.29, 0.717) is 13.0 Å². The number of carbonyl (C=O) groups excluding carboxylic acids is 1. The molecule has 0 radical (unpaired) electrons. The molecule has 0 aliphatic heterocycles. The Balaban J connectivity index is 2.32. The van der Waals surface area contributed by atoms with Crippen molar-refractivity contribution in [3.8, 4) is 0 Å². The Morgan fingerprint density at radius 2 is 2.00 bits per heavy atom. The summed E-state index contributed by atoms with van der Waals surface area (Å²) in [4.78, 5) is 22.3. The lowest BCUT2D eigenvalue weighted by Gasteiger charge is -2.41. The Hall–Kier alpha value is -1.26. The Morgan fingerprint density at radius 1 is 1.35 bits per heavy atom. The van der Waals surface area contributed by atoms with Crippen LogP contribution in [0.25, 0.3) is 0 Å². The molecule has 1 saturated carbocycles. The predicted molar refractivity (Wildman–Crippen MR) is 64.8 cm³/mol. The van der Waals surface area contributed by atoms with Crippen LogP contribution in [0.3, 0.4) is 0 Å². The lowest BCUT2D eigenvalue weighted by molar-refractivity contribution is -0.139. The summed E-state index contributed by atoms with van der Waals surface area (Å²) in [7, 11) is 0. The maximum absolute atomic E-state index is 11.5. The number of carboxylic acids is 1. The second kappa shape index (κ2) is 5.89. The van der Waals surface area contributed by atoms with Gasteiger partial charge in [0.1, 0.15) is 6.04 Å². The van der Waals surface area contributed by atoms with Gasteiger partial charge in [0.05, 0.1) is 0 Å². The van der Waals surface area contributed by atoms with E-state index in [1.54, 1.807) is 6.92 Å². The zero-order chi connectivity index (χ0) is 12.9. The van der Waals surface area contributed by atoms with Gasteiger partial charge in [0.15, 0.2) is 0 Å². The van der Waals surface area contributed by atoms with E-state index in [2.05, 4.69) is 17.6 Å². The first-order chi connectivity index (χ1) is 8.03. The molecular formula is C12H22N2O3. The smallest absolute Gasteiger partial charge is 0.326 e. The van der Waals surface area contributed by atoms with Gasteiger partial charge in [-0.1, -0.05) is 20.3 Å². The molecule has 0 aromatic carbocycles. The fourth-order valence-corrected chi connectivity index (χ4v) is 2.15. The maximum atomic E-state index is 11.5. The molecule has 1 aliphatic rings. The summed E-state index contributed by atoms with van der Waals surface area (Å²) in [5.41, 5.74) is 0.252. The minimum absolute atomic E-state index is 0.252. The van der Waals surface area contributed by atoms with Crippen LogP contribution in [0.1, 0.15) is 46.0 Å². The van der Waals surface area contributed by atoms with Gasteiger partial charge < -0.3 is 15.7 Å². The van der Waals surface area contributed by atoms with Crippen molar-refractivity contribution in [3.05, 3.63) is 0 Å². The molecule has 0 spiro atoms. The molecule has 1 fully saturated rings. The number of hydrogen-bond donors (Lipinski definition) is 3. The van der Waals surface area contributed by atoms with Gasteiger partial charge in [-0.25, -0.2) is 9.59 Å². The van der Waals surface area contributed by atoms with Crippen LogP contribution in [0.15, 0.2) is 0 Å². The van der Waals surface area contributed by atoms with Crippen molar-refractivity contribution in [2.24, 2.45) is 5.41 Å². The first-order valence-corrected chi connectivity index (χ1v) is 6.30. The van der Waals surface area contributed by atoms with Gasteiger partial charge in [-0.2, -0.15) is 0 Å². The third-order valence-corrected chi connectivity index (χ3v) is 3.80. The van der Waals surface area contributed by atoms with Crippen LogP contribution in [0, 0.1) is 5.41 Å². The molecule has 5 heteroatoms. The second-order valence-corrected chi connectivity index (χ2v) is 4.83. The van der Waals surface area contributed by atoms with E-state index < -0.39 is 12.0 Å². The van der Waals surface area contributed by atoms with Gasteiger partial charge in [-0.05, 0) is 31.1 Å². The monoisotopic (exact) mass is 242 g/mol. The molecule has 0 bridgehead atoms. The molecule has 0 heterocycles. The van der Waals surface area contributed by atoms with Gasteiger partial charge in [0.2, 0.25) is 0 Å². The Labute approximate surface area is 102 Å². The lowest BCUT2D eigenvalue weighted by atomic mass is 9.67. The number of carboxylic acid groups (broad SMARTS) is 1. The van der Waals surface area contributed by atoms with Crippen LogP contribution in [0.5, 0.6) is 0 Å². The summed E-state index contributed by atoms with van der Waals surface area (Å²) < 4.78 is 0. The molecular weight excluding hydrogens is 220 g/mol. The molecule has 1 atom stereocenters. The lowest BCUT2D eigenvalue weighted by Crippen LogP contribution is -2.49. The molecule has 98 valence electrons. The summed E-state index contributed by atoms with van der Waals surface area (Å²) >= 11 is 0. The summed E-state index contributed by atoms with van der Waals surface area (Å²) in [5, 5.41) is 14.1. The summed E-state index contributed by atoms with van der Waals surface area (Å²) in [6, 6.07) is -1.17. The highest BCUT2D eigenvalue weighted by atomic mass is 16.4. The minimum Gasteiger partial charge on any atom is -0.480 e. The van der Waals surface area contributed by atoms with Crippen LogP contribution in [0.4, 0.5) is 4.79 Å². The molecule has 1 rings (SSSR count). The Kier molecular flexibility index (Phi) is 4.78. The van der Waals surface area contributed by atoms with Gasteiger partial charge in [-0.15, -0.1) is 0 Å². The zero-order valence-corrected chi connectivity index (χ0v) is 10.6. The molecule has 5 nitrogen and oxygen atoms in total. The number of rotatable bonds is 6. The van der Waals surface area contributed by atoms with Crippen LogP contribution in [0.2, 0.25) is 0 Å². The summed E-state index contributed by atoms with van der Waals surface area (Å²) in [5.74, 6) is -0.989. The van der Waals surface area contributed by atoms with Crippen molar-refractivity contribution in [1.29, 1.82) is 0 Å². The number of carbonyl (C=O) groups is 2. The fraction of sp³-hybridized carbons (Fsp3) is 0.833. The normalized spacial score (nSPS) is 18.9. The van der Waals surface area contributed by atoms with E-state index in [1.807, 2.05) is 0 Å². The van der Waals surface area contributed by atoms with E-state index >= 15 is 0 Å². The molecule has 1 unspecified atom stereocenters. The topological polar surface area (TPSA) is 78.4 Å². The minimum atomic E-state index is -0.989. The number of urea groups is 1. The van der Waals surface area contributed by atoms with Crippen LogP contribution in [-0.4, -0.2) is 29.7 Å². The number of aliphatic carboxylic acids is 1. The third kappa shape index (κ3) is 3.61. The van der Waals surface area contributed by atoms with E-state index in [0.717, 1.165) is 19.3 Å². The SMILES string of the molecule is CCC(NC(=O)NCC1(CC)CCC1)C(=O)O. The average molecular weight is 242 g/mol. The molecule has 17 heavy (non-hydrogen) atoms. The first-order valence-electron chi connectivity index (χ1n) is 6.30. The average Bonchev–Trinajstić information content (AvgIpc) is 2.24. The van der Waals surface area contributed by atoms with E-state index in [4.69, 9.17) is 5.11 Å². The third-order valence-electron chi connectivity index (χ3n) is 3.80. The molecule has 0 saturated heterocycles. The van der Waals surface area contributed by atoms with E-state index in [9.17, 15) is 9.59 Å². The Bertz CT molecular complexity index is 282. The van der Waals surface area contributed by atoms with Gasteiger partial charge in [0.25, 0.3) is 0 Å². The standard InChI is InChI=1S/C12H22N2O3/c1-3-9(10(15)16)14-11(17)13-8-12(4-2)6-5-7-12/h9H,3-8H2,1-2H3,(H,15,16)(H2,13,14,17). The van der Waals surface area contributed by atoms with Crippen molar-refractivity contribution >= 4 is 12.0 Å². The van der Waals surface area contributed by atoms with Gasteiger partial charge in [0, 0.05) is 6.54 Å². The first kappa shape index (κ1) is 13.8. The number of amides is 2. The highest BCUT2D eigenvalue weighted by molar-refractivity contribution is 5.82. The van der Waals surface area contributed by atoms with Crippen molar-refractivity contribution < 1.29 is 14.7 Å². The van der Waals surface area contributed by atoms with Gasteiger partial charge >= 0.3 is 12.0 Å². The van der Waals surface area contributed by atoms with Gasteiger partial charge in [-0.3, -0.25) is 0 Å². The van der Waals surface area contributed by atoms with Crippen molar-refractivity contribution in [2.75, 3.05) is 6.54 Å². The molecule has 2 amide bonds. The predicted octanol–water partition coefficient (Wildman–Crippen LogP) is 1.73. The van der Waals surface area contributed by atoms with Crippen molar-refractivity contribution in [1.82, 2.24) is 10.6 Å². The van der Waals surface area contributed by atoms with Crippen LogP contribution < -0.4 is 10.6 Å². The molecule has 0 aromatic heterocycles. The summed E-state index contributed by atoms with van der Waals surface area (Å²) in [6.45, 7) is 4.51. The van der Waals surface area contributed by atoms with E-state index in [-0.39, 0.29) is 11.4 Å². The second-order valence-electron chi connectivity index (χ2n) is 4.83. The van der Waals surface area contributed by atoms with Crippen LogP contribution in [-0.2, 0) is 4.79 Å². The number of nitrogens with one attached hydrogen (secondary N) is 2. The largest absolute Gasteiger partial charge is 0.480 e. The zero-order valence-electron chi connectivity index (χ0n) is 10.6. The highest BCUT2D eigenvalue weighted by Gasteiger charge is 2.35. The maximum Gasteiger partial charge on any atom is 0.326 e. The highest BCUT2D eigenvalue weighted by Crippen LogP contribution is 2.42. The molecule has 1 aliphatic carbocycles. The molecule has 0 aromatic rings. The quantitative estimate of drug-likeness (QED) is 0.663. The summed E-state index contributed by atoms with van der Waals surface area (Å²) in [6.07, 6.45) is 4.98. The van der Waals surface area contributed by atoms with Crippen molar-refractivity contribution in [2.45, 2.75) is 52.0 Å². The fourth-order valence-electron chi connectivity index (χ4n) is 2.15. The molecule has 3 N–H and O–H groups in total. The van der Waals surface area contributed by atoms with Crippen molar-refractivity contribution in [3.63, 3.8) is 0 Å².